The van der Waals surface area contributed by atoms with Crippen LogP contribution in [0.25, 0.3) is 0 Å². The first-order chi connectivity index (χ1) is 10.5. The largest absolute Gasteiger partial charge is 0.495 e. The van der Waals surface area contributed by atoms with Crippen molar-refractivity contribution in [3.8, 4) is 5.75 Å². The normalized spacial score (nSPS) is 18.7. The maximum atomic E-state index is 12.2. The van der Waals surface area contributed by atoms with Crippen molar-refractivity contribution in [2.75, 3.05) is 32.1 Å². The third-order valence-electron chi connectivity index (χ3n) is 3.56. The highest BCUT2D eigenvalue weighted by molar-refractivity contribution is 6.31. The molecule has 0 aromatic heterocycles. The van der Waals surface area contributed by atoms with Gasteiger partial charge in [0.15, 0.2) is 0 Å². The van der Waals surface area contributed by atoms with Crippen LogP contribution in [0.1, 0.15) is 13.3 Å². The van der Waals surface area contributed by atoms with Crippen LogP contribution in [0.2, 0.25) is 5.02 Å². The van der Waals surface area contributed by atoms with Crippen LogP contribution in [0.15, 0.2) is 18.2 Å². The fourth-order valence-electron chi connectivity index (χ4n) is 2.41. The van der Waals surface area contributed by atoms with Gasteiger partial charge in [-0.1, -0.05) is 18.5 Å². The van der Waals surface area contributed by atoms with Gasteiger partial charge in [0.2, 0.25) is 5.91 Å². The maximum absolute atomic E-state index is 12.2. The molecule has 0 spiro atoms. The zero-order valence-electron chi connectivity index (χ0n) is 12.6. The highest BCUT2D eigenvalue weighted by Crippen LogP contribution is 2.28. The Labute approximate surface area is 134 Å². The standard InChI is InChI=1S/C15H19ClN2O4/c1-3-18-6-7-22-15(20)12(18)9-14(19)17-11-8-10(16)4-5-13(11)21-2/h4-5,8,12H,3,6-7,9H2,1-2H3,(H,17,19)/t12-/m1/s1. The number of methoxy groups -OCH3 is 1. The summed E-state index contributed by atoms with van der Waals surface area (Å²) in [5.41, 5.74) is 0.479. The van der Waals surface area contributed by atoms with Crippen molar-refractivity contribution in [1.29, 1.82) is 0 Å². The lowest BCUT2D eigenvalue weighted by Gasteiger charge is -2.32. The molecule has 1 saturated heterocycles. The number of carbonyl (C=O) groups excluding carboxylic acids is 2. The number of morpholine rings is 1. The molecule has 1 aromatic rings. The molecule has 1 amide bonds. The smallest absolute Gasteiger partial charge is 0.323 e. The number of ether oxygens (including phenoxy) is 2. The molecule has 0 unspecified atom stereocenters. The lowest BCUT2D eigenvalue weighted by atomic mass is 10.1. The number of halogens is 1. The summed E-state index contributed by atoms with van der Waals surface area (Å²) in [7, 11) is 1.51. The summed E-state index contributed by atoms with van der Waals surface area (Å²) in [4.78, 5) is 26.0. The van der Waals surface area contributed by atoms with E-state index in [1.54, 1.807) is 18.2 Å². The van der Waals surface area contributed by atoms with Gasteiger partial charge in [0.1, 0.15) is 18.4 Å². The van der Waals surface area contributed by atoms with Crippen LogP contribution in [0, 0.1) is 0 Å². The zero-order chi connectivity index (χ0) is 16.1. The molecule has 0 radical (unpaired) electrons. The second kappa shape index (κ2) is 7.47. The van der Waals surface area contributed by atoms with Gasteiger partial charge in [0.05, 0.1) is 19.2 Å². The molecule has 120 valence electrons. The first-order valence-corrected chi connectivity index (χ1v) is 7.47. The minimum Gasteiger partial charge on any atom is -0.495 e. The predicted octanol–water partition coefficient (Wildman–Crippen LogP) is 1.92. The van der Waals surface area contributed by atoms with Gasteiger partial charge in [0, 0.05) is 11.6 Å². The highest BCUT2D eigenvalue weighted by atomic mass is 35.5. The summed E-state index contributed by atoms with van der Waals surface area (Å²) in [6.07, 6.45) is 0.0301. The minimum atomic E-state index is -0.552. The number of carbonyl (C=O) groups is 2. The highest BCUT2D eigenvalue weighted by Gasteiger charge is 2.32. The molecule has 0 bridgehead atoms. The first-order valence-electron chi connectivity index (χ1n) is 7.09. The molecule has 1 heterocycles. The van der Waals surface area contributed by atoms with Gasteiger partial charge < -0.3 is 14.8 Å². The number of nitrogens with one attached hydrogen (secondary N) is 1. The van der Waals surface area contributed by atoms with E-state index in [1.807, 2.05) is 11.8 Å². The lowest BCUT2D eigenvalue weighted by molar-refractivity contribution is -0.158. The van der Waals surface area contributed by atoms with Gasteiger partial charge in [0.25, 0.3) is 0 Å². The molecular formula is C15H19ClN2O4. The van der Waals surface area contributed by atoms with Gasteiger partial charge in [-0.05, 0) is 24.7 Å². The third-order valence-corrected chi connectivity index (χ3v) is 3.79. The Bertz CT molecular complexity index is 564. The van der Waals surface area contributed by atoms with E-state index in [1.165, 1.54) is 7.11 Å². The van der Waals surface area contributed by atoms with E-state index in [4.69, 9.17) is 21.1 Å². The maximum Gasteiger partial charge on any atom is 0.323 e. The average molecular weight is 327 g/mol. The summed E-state index contributed by atoms with van der Waals surface area (Å²) in [5.74, 6) is -0.138. The van der Waals surface area contributed by atoms with Gasteiger partial charge in [-0.15, -0.1) is 0 Å². The van der Waals surface area contributed by atoms with Crippen molar-refractivity contribution >= 4 is 29.2 Å². The number of rotatable bonds is 5. The molecule has 1 aliphatic rings. The Kier molecular flexibility index (Phi) is 5.63. The topological polar surface area (TPSA) is 67.9 Å². The summed E-state index contributed by atoms with van der Waals surface area (Å²) in [5, 5.41) is 3.22. The second-order valence-corrected chi connectivity index (χ2v) is 5.35. The van der Waals surface area contributed by atoms with Crippen molar-refractivity contribution in [3.63, 3.8) is 0 Å². The van der Waals surface area contributed by atoms with Crippen LogP contribution in [0.5, 0.6) is 5.75 Å². The van der Waals surface area contributed by atoms with E-state index in [0.717, 1.165) is 0 Å². The first kappa shape index (κ1) is 16.6. The van der Waals surface area contributed by atoms with Crippen LogP contribution in [0.4, 0.5) is 5.69 Å². The minimum absolute atomic E-state index is 0.0301. The summed E-state index contributed by atoms with van der Waals surface area (Å²) >= 11 is 5.93. The number of nitrogens with zero attached hydrogens (tertiary/aromatic N) is 1. The summed E-state index contributed by atoms with van der Waals surface area (Å²) < 4.78 is 10.2. The Morgan fingerprint density at radius 3 is 3.00 bits per heavy atom. The number of likely N-dealkylation sites (N-methyl/N-ethyl adjacent to an activating group) is 1. The van der Waals surface area contributed by atoms with E-state index in [9.17, 15) is 9.59 Å². The van der Waals surface area contributed by atoms with E-state index in [0.29, 0.717) is 36.2 Å². The molecule has 1 aromatic carbocycles. The summed E-state index contributed by atoms with van der Waals surface area (Å²) in [6, 6.07) is 4.40. The number of amides is 1. The summed E-state index contributed by atoms with van der Waals surface area (Å²) in [6.45, 7) is 3.64. The molecule has 7 heteroatoms. The van der Waals surface area contributed by atoms with E-state index in [2.05, 4.69) is 5.32 Å². The molecule has 0 aliphatic carbocycles. The van der Waals surface area contributed by atoms with Crippen LogP contribution in [0.3, 0.4) is 0 Å². The molecule has 6 nitrogen and oxygen atoms in total. The Hall–Kier alpha value is -1.79. The van der Waals surface area contributed by atoms with Gasteiger partial charge in [-0.3, -0.25) is 14.5 Å². The molecule has 1 N–H and O–H groups in total. The predicted molar refractivity (Wildman–Crippen MR) is 83.2 cm³/mol. The van der Waals surface area contributed by atoms with Gasteiger partial charge >= 0.3 is 5.97 Å². The van der Waals surface area contributed by atoms with Gasteiger partial charge in [-0.2, -0.15) is 0 Å². The fourth-order valence-corrected chi connectivity index (χ4v) is 2.58. The van der Waals surface area contributed by atoms with Crippen LogP contribution in [-0.4, -0.2) is 49.6 Å². The number of esters is 1. The molecule has 2 rings (SSSR count). The van der Waals surface area contributed by atoms with Crippen LogP contribution in [-0.2, 0) is 14.3 Å². The lowest BCUT2D eigenvalue weighted by Crippen LogP contribution is -2.50. The molecular weight excluding hydrogens is 308 g/mol. The van der Waals surface area contributed by atoms with Crippen LogP contribution < -0.4 is 10.1 Å². The molecule has 1 aliphatic heterocycles. The molecule has 1 atom stereocenters. The Morgan fingerprint density at radius 2 is 2.32 bits per heavy atom. The SMILES string of the molecule is CCN1CCOC(=O)[C@H]1CC(=O)Nc1cc(Cl)ccc1OC. The number of benzene rings is 1. The van der Waals surface area contributed by atoms with Crippen molar-refractivity contribution in [1.82, 2.24) is 4.90 Å². The van der Waals surface area contributed by atoms with Gasteiger partial charge in [-0.25, -0.2) is 0 Å². The molecule has 1 fully saturated rings. The quantitative estimate of drug-likeness (QED) is 0.837. The average Bonchev–Trinajstić information content (AvgIpc) is 2.49. The van der Waals surface area contributed by atoms with E-state index >= 15 is 0 Å². The number of hydrogen-bond acceptors (Lipinski definition) is 5. The van der Waals surface area contributed by atoms with Crippen molar-refractivity contribution in [2.24, 2.45) is 0 Å². The Morgan fingerprint density at radius 1 is 1.55 bits per heavy atom. The van der Waals surface area contributed by atoms with Crippen molar-refractivity contribution in [2.45, 2.75) is 19.4 Å². The third kappa shape index (κ3) is 3.90. The number of cyclic esters (lactones) is 1. The van der Waals surface area contributed by atoms with E-state index in [-0.39, 0.29) is 18.3 Å². The Balaban J connectivity index is 2.06. The second-order valence-electron chi connectivity index (χ2n) is 4.91. The zero-order valence-corrected chi connectivity index (χ0v) is 13.4. The number of hydrogen-bond donors (Lipinski definition) is 1. The van der Waals surface area contributed by atoms with Crippen LogP contribution >= 0.6 is 11.6 Å². The number of anilines is 1. The molecule has 0 saturated carbocycles. The van der Waals surface area contributed by atoms with Crippen molar-refractivity contribution < 1.29 is 19.1 Å². The fraction of sp³-hybridized carbons (Fsp3) is 0.467. The monoisotopic (exact) mass is 326 g/mol. The van der Waals surface area contributed by atoms with Crippen molar-refractivity contribution in [3.05, 3.63) is 23.2 Å². The van der Waals surface area contributed by atoms with E-state index < -0.39 is 6.04 Å². The molecule has 22 heavy (non-hydrogen) atoms.